The van der Waals surface area contributed by atoms with Gasteiger partial charge in [-0.05, 0) is 144 Å². The van der Waals surface area contributed by atoms with Gasteiger partial charge in [-0.3, -0.25) is 0 Å². The van der Waals surface area contributed by atoms with Crippen LogP contribution in [0.5, 0.6) is 0 Å². The molecule has 320 valence electrons. The van der Waals surface area contributed by atoms with Crippen LogP contribution in [0.3, 0.4) is 0 Å². The van der Waals surface area contributed by atoms with E-state index < -0.39 is 0 Å². The van der Waals surface area contributed by atoms with Crippen molar-refractivity contribution in [2.45, 2.75) is 12.8 Å². The van der Waals surface area contributed by atoms with Crippen LogP contribution in [-0.4, -0.2) is 4.57 Å². The Morgan fingerprint density at radius 3 is 1.57 bits per heavy atom. The van der Waals surface area contributed by atoms with Crippen LogP contribution < -0.4 is 4.90 Å². The van der Waals surface area contributed by atoms with Crippen LogP contribution in [0.1, 0.15) is 18.4 Å². The van der Waals surface area contributed by atoms with Gasteiger partial charge in [0, 0.05) is 33.5 Å². The molecule has 0 spiro atoms. The summed E-state index contributed by atoms with van der Waals surface area (Å²) in [6.07, 6.45) is 6.54. The van der Waals surface area contributed by atoms with E-state index in [1.165, 1.54) is 104 Å². The molecule has 0 bridgehead atoms. The molecule has 0 radical (unpaired) electrons. The Bertz CT molecular complexity index is 3930. The predicted octanol–water partition coefficient (Wildman–Crippen LogP) is 18.1. The number of aromatic nitrogens is 1. The van der Waals surface area contributed by atoms with E-state index in [1.807, 2.05) is 0 Å². The molecule has 0 amide bonds. The molecule has 0 saturated carbocycles. The van der Waals surface area contributed by atoms with Crippen LogP contribution in [0, 0.1) is 0 Å². The highest BCUT2D eigenvalue weighted by Crippen LogP contribution is 2.45. The molecule has 0 atom stereocenters. The molecule has 1 aromatic heterocycles. The fourth-order valence-electron chi connectivity index (χ4n) is 10.9. The summed E-state index contributed by atoms with van der Waals surface area (Å²) in [6, 6.07) is 89.0. The molecule has 11 aromatic carbocycles. The SMILES string of the molecule is C1=C(c2ccc(-c3cccc4ccccc34)cc2)CCC(N(c2ccc(-c3cccc4ccccc34)cc2)c2cccc(-c3c4ccccc4cc4c3c3ccccc3n4-c3ccccc3)c2)=C1. The van der Waals surface area contributed by atoms with E-state index >= 15 is 0 Å². The van der Waals surface area contributed by atoms with E-state index in [4.69, 9.17) is 0 Å². The summed E-state index contributed by atoms with van der Waals surface area (Å²) in [7, 11) is 0. The molecule has 1 aliphatic carbocycles. The molecule has 1 aliphatic rings. The summed E-state index contributed by atoms with van der Waals surface area (Å²) in [4.78, 5) is 2.49. The molecule has 0 aliphatic heterocycles. The number of anilines is 2. The summed E-state index contributed by atoms with van der Waals surface area (Å²) >= 11 is 0. The third kappa shape index (κ3) is 6.81. The lowest BCUT2D eigenvalue weighted by molar-refractivity contribution is 0.930. The van der Waals surface area contributed by atoms with Gasteiger partial charge >= 0.3 is 0 Å². The Morgan fingerprint density at radius 1 is 0.338 bits per heavy atom. The third-order valence-electron chi connectivity index (χ3n) is 14.1. The zero-order chi connectivity index (χ0) is 45.0. The summed E-state index contributed by atoms with van der Waals surface area (Å²) < 4.78 is 2.43. The lowest BCUT2D eigenvalue weighted by Crippen LogP contribution is -2.18. The Labute approximate surface area is 396 Å². The number of rotatable bonds is 8. The van der Waals surface area contributed by atoms with Crippen molar-refractivity contribution in [1.29, 1.82) is 0 Å². The fourth-order valence-corrected chi connectivity index (χ4v) is 10.9. The maximum absolute atomic E-state index is 2.49. The van der Waals surface area contributed by atoms with Gasteiger partial charge in [0.05, 0.1) is 11.0 Å². The molecule has 2 nitrogen and oxygen atoms in total. The van der Waals surface area contributed by atoms with E-state index in [2.05, 4.69) is 264 Å². The van der Waals surface area contributed by atoms with Crippen LogP contribution in [0.2, 0.25) is 0 Å². The number of nitrogens with zero attached hydrogens (tertiary/aromatic N) is 2. The number of allylic oxidation sites excluding steroid dienone is 4. The van der Waals surface area contributed by atoms with Crippen molar-refractivity contribution in [1.82, 2.24) is 4.57 Å². The molecular formula is C66H46N2. The predicted molar refractivity (Wildman–Crippen MR) is 290 cm³/mol. The van der Waals surface area contributed by atoms with Crippen molar-refractivity contribution in [2.75, 3.05) is 4.90 Å². The quantitative estimate of drug-likeness (QED) is 0.148. The lowest BCUT2D eigenvalue weighted by atomic mass is 9.91. The van der Waals surface area contributed by atoms with Crippen molar-refractivity contribution in [2.24, 2.45) is 0 Å². The van der Waals surface area contributed by atoms with Crippen LogP contribution in [0.15, 0.2) is 261 Å². The minimum absolute atomic E-state index is 0.898. The molecule has 13 rings (SSSR count). The molecular weight excluding hydrogens is 821 g/mol. The summed E-state index contributed by atoms with van der Waals surface area (Å²) in [5, 5.41) is 10.0. The van der Waals surface area contributed by atoms with Crippen LogP contribution in [0.4, 0.5) is 11.4 Å². The molecule has 1 heterocycles. The van der Waals surface area contributed by atoms with Crippen LogP contribution in [0.25, 0.3) is 98.8 Å². The van der Waals surface area contributed by atoms with Crippen LogP contribution in [-0.2, 0) is 0 Å². The van der Waals surface area contributed by atoms with Crippen molar-refractivity contribution < 1.29 is 0 Å². The van der Waals surface area contributed by atoms with Crippen LogP contribution >= 0.6 is 0 Å². The smallest absolute Gasteiger partial charge is 0.0553 e. The first-order valence-electron chi connectivity index (χ1n) is 23.7. The minimum atomic E-state index is 0.898. The van der Waals surface area contributed by atoms with Crippen molar-refractivity contribution >= 4 is 71.1 Å². The number of benzene rings is 11. The number of hydrogen-bond donors (Lipinski definition) is 0. The van der Waals surface area contributed by atoms with Gasteiger partial charge in [-0.15, -0.1) is 0 Å². The molecule has 0 unspecified atom stereocenters. The van der Waals surface area contributed by atoms with E-state index in [-0.39, 0.29) is 0 Å². The van der Waals surface area contributed by atoms with Crippen molar-refractivity contribution in [3.63, 3.8) is 0 Å². The molecule has 68 heavy (non-hydrogen) atoms. The fraction of sp³-hybridized carbons (Fsp3) is 0.0303. The van der Waals surface area contributed by atoms with E-state index in [9.17, 15) is 0 Å². The first kappa shape index (κ1) is 39.6. The van der Waals surface area contributed by atoms with Gasteiger partial charge in [-0.2, -0.15) is 0 Å². The number of fused-ring (bicyclic) bond motifs is 6. The number of hydrogen-bond acceptors (Lipinski definition) is 1. The lowest BCUT2D eigenvalue weighted by Gasteiger charge is -2.30. The van der Waals surface area contributed by atoms with Crippen molar-refractivity contribution in [3.05, 3.63) is 266 Å². The highest BCUT2D eigenvalue weighted by molar-refractivity contribution is 6.23. The minimum Gasteiger partial charge on any atom is -0.314 e. The summed E-state index contributed by atoms with van der Waals surface area (Å²) in [5.74, 6) is 0. The maximum Gasteiger partial charge on any atom is 0.0553 e. The standard InChI is InChI=1S/C66H46N2/c1-2-21-53(22-3-1)68-63-30-11-10-27-62(63)66-64(68)44-51-17-6-9-26-61(51)65(66)52-20-12-23-56(43-52)67(55-41-37-50(38-42-55)60-29-14-19-48-16-5-8-25-58(48)60)54-39-35-46(36-40-54)45-31-33-49(34-32-45)59-28-13-18-47-15-4-7-24-57(47)59/h1-35,37-39,41-44H,36,40H2. The monoisotopic (exact) mass is 866 g/mol. The second-order valence-electron chi connectivity index (χ2n) is 18.0. The van der Waals surface area contributed by atoms with Gasteiger partial charge in [-0.25, -0.2) is 0 Å². The largest absolute Gasteiger partial charge is 0.314 e. The van der Waals surface area contributed by atoms with Gasteiger partial charge in [0.2, 0.25) is 0 Å². The van der Waals surface area contributed by atoms with Crippen molar-refractivity contribution in [3.8, 4) is 39.1 Å². The van der Waals surface area contributed by atoms with Gasteiger partial charge < -0.3 is 9.47 Å². The topological polar surface area (TPSA) is 8.17 Å². The average Bonchev–Trinajstić information content (AvgIpc) is 3.74. The van der Waals surface area contributed by atoms with Gasteiger partial charge in [-0.1, -0.05) is 200 Å². The highest BCUT2D eigenvalue weighted by Gasteiger charge is 2.23. The second-order valence-corrected chi connectivity index (χ2v) is 18.0. The Balaban J connectivity index is 0.947. The molecule has 0 N–H and O–H groups in total. The summed E-state index contributed by atoms with van der Waals surface area (Å²) in [5.41, 5.74) is 17.1. The first-order valence-corrected chi connectivity index (χ1v) is 23.7. The first-order chi connectivity index (χ1) is 33.7. The highest BCUT2D eigenvalue weighted by atomic mass is 15.1. The van der Waals surface area contributed by atoms with E-state index in [0.717, 1.165) is 29.9 Å². The zero-order valence-corrected chi connectivity index (χ0v) is 37.6. The maximum atomic E-state index is 2.49. The van der Waals surface area contributed by atoms with E-state index in [0.29, 0.717) is 0 Å². The normalized spacial score (nSPS) is 12.8. The zero-order valence-electron chi connectivity index (χ0n) is 37.6. The number of para-hydroxylation sites is 2. The Morgan fingerprint density at radius 2 is 0.897 bits per heavy atom. The molecule has 0 saturated heterocycles. The van der Waals surface area contributed by atoms with Gasteiger partial charge in [0.25, 0.3) is 0 Å². The summed E-state index contributed by atoms with van der Waals surface area (Å²) in [6.45, 7) is 0. The molecule has 2 heteroatoms. The van der Waals surface area contributed by atoms with Gasteiger partial charge in [0.15, 0.2) is 0 Å². The van der Waals surface area contributed by atoms with E-state index in [1.54, 1.807) is 0 Å². The second kappa shape index (κ2) is 16.6. The Kier molecular flexibility index (Phi) is 9.68. The average molecular weight is 867 g/mol. The van der Waals surface area contributed by atoms with Gasteiger partial charge in [0.1, 0.15) is 0 Å². The Hall–Kier alpha value is -8.72. The molecule has 12 aromatic rings. The third-order valence-corrected chi connectivity index (χ3v) is 14.1. The molecule has 0 fully saturated rings.